The predicted molar refractivity (Wildman–Crippen MR) is 75.7 cm³/mol. The van der Waals surface area contributed by atoms with E-state index in [1.807, 2.05) is 18.2 Å². The van der Waals surface area contributed by atoms with E-state index in [2.05, 4.69) is 6.92 Å². The zero-order valence-electron chi connectivity index (χ0n) is 12.1. The van der Waals surface area contributed by atoms with Gasteiger partial charge in [-0.05, 0) is 43.7 Å². The summed E-state index contributed by atoms with van der Waals surface area (Å²) in [6, 6.07) is 5.67. The predicted octanol–water partition coefficient (Wildman–Crippen LogP) is 3.49. The maximum Gasteiger partial charge on any atom is 0.128 e. The van der Waals surface area contributed by atoms with Crippen molar-refractivity contribution in [2.45, 2.75) is 44.6 Å². The molecule has 0 radical (unpaired) electrons. The molecule has 0 atom stereocenters. The van der Waals surface area contributed by atoms with Crippen molar-refractivity contribution in [3.63, 3.8) is 0 Å². The van der Waals surface area contributed by atoms with Gasteiger partial charge in [-0.3, -0.25) is 0 Å². The minimum absolute atomic E-state index is 0.719. The minimum Gasteiger partial charge on any atom is -0.497 e. The molecule has 0 bridgehead atoms. The summed E-state index contributed by atoms with van der Waals surface area (Å²) >= 11 is 0. The van der Waals surface area contributed by atoms with Crippen LogP contribution in [0.1, 0.15) is 44.6 Å². The van der Waals surface area contributed by atoms with Crippen molar-refractivity contribution in [1.82, 2.24) is 0 Å². The molecule has 1 N–H and O–H groups in total. The second-order valence-electron chi connectivity index (χ2n) is 5.45. The number of hydrogen-bond donors (Lipinski definition) is 1. The van der Waals surface area contributed by atoms with Crippen molar-refractivity contribution in [2.24, 2.45) is 5.92 Å². The van der Waals surface area contributed by atoms with Gasteiger partial charge in [0.05, 0.1) is 19.8 Å². The maximum atomic E-state index is 10.9. The molecule has 0 spiro atoms. The number of aliphatic hydroxyl groups is 1. The van der Waals surface area contributed by atoms with Crippen molar-refractivity contribution >= 4 is 0 Å². The Morgan fingerprint density at radius 3 is 2.42 bits per heavy atom. The van der Waals surface area contributed by atoms with Gasteiger partial charge in [-0.1, -0.05) is 13.3 Å². The molecule has 3 nitrogen and oxygen atoms in total. The Kier molecular flexibility index (Phi) is 4.35. The lowest BCUT2D eigenvalue weighted by Crippen LogP contribution is -2.31. The van der Waals surface area contributed by atoms with E-state index in [1.54, 1.807) is 14.2 Å². The molecule has 19 heavy (non-hydrogen) atoms. The van der Waals surface area contributed by atoms with Gasteiger partial charge in [-0.2, -0.15) is 0 Å². The van der Waals surface area contributed by atoms with Crippen LogP contribution in [0.4, 0.5) is 0 Å². The van der Waals surface area contributed by atoms with Crippen LogP contribution in [0.3, 0.4) is 0 Å². The molecule has 1 saturated carbocycles. The standard InChI is InChI=1S/C16H24O3/c1-4-12-7-9-16(17,10-8-12)14-6-5-13(18-2)11-15(14)19-3/h5-6,11-12,17H,4,7-10H2,1-3H3. The lowest BCUT2D eigenvalue weighted by atomic mass is 9.74. The van der Waals surface area contributed by atoms with Crippen molar-refractivity contribution in [1.29, 1.82) is 0 Å². The van der Waals surface area contributed by atoms with Gasteiger partial charge < -0.3 is 14.6 Å². The van der Waals surface area contributed by atoms with E-state index in [0.717, 1.165) is 48.7 Å². The molecule has 0 aliphatic heterocycles. The molecule has 3 heteroatoms. The Hall–Kier alpha value is -1.22. The van der Waals surface area contributed by atoms with Crippen LogP contribution < -0.4 is 9.47 Å². The first kappa shape index (κ1) is 14.2. The molecule has 106 valence electrons. The van der Waals surface area contributed by atoms with Crippen molar-refractivity contribution in [2.75, 3.05) is 14.2 Å². The topological polar surface area (TPSA) is 38.7 Å². The van der Waals surface area contributed by atoms with E-state index in [4.69, 9.17) is 9.47 Å². The summed E-state index contributed by atoms with van der Waals surface area (Å²) in [5.74, 6) is 2.23. The molecule has 1 aliphatic carbocycles. The normalized spacial score (nSPS) is 27.1. The first-order chi connectivity index (χ1) is 9.12. The average molecular weight is 264 g/mol. The lowest BCUT2D eigenvalue weighted by Gasteiger charge is -2.37. The first-order valence-corrected chi connectivity index (χ1v) is 7.08. The molecule has 1 aromatic carbocycles. The summed E-state index contributed by atoms with van der Waals surface area (Å²) in [7, 11) is 3.27. The van der Waals surface area contributed by atoms with Crippen LogP contribution in [-0.2, 0) is 5.60 Å². The van der Waals surface area contributed by atoms with Crippen LogP contribution in [0.15, 0.2) is 18.2 Å². The van der Waals surface area contributed by atoms with Crippen LogP contribution >= 0.6 is 0 Å². The lowest BCUT2D eigenvalue weighted by molar-refractivity contribution is -0.0163. The van der Waals surface area contributed by atoms with Crippen molar-refractivity contribution in [3.8, 4) is 11.5 Å². The van der Waals surface area contributed by atoms with E-state index >= 15 is 0 Å². The molecule has 0 saturated heterocycles. The summed E-state index contributed by atoms with van der Waals surface area (Å²) < 4.78 is 10.6. The first-order valence-electron chi connectivity index (χ1n) is 7.08. The molecule has 1 aromatic rings. The molecule has 0 heterocycles. The summed E-state index contributed by atoms with van der Waals surface area (Å²) in [5, 5.41) is 10.9. The average Bonchev–Trinajstić information content (AvgIpc) is 2.47. The summed E-state index contributed by atoms with van der Waals surface area (Å²) in [4.78, 5) is 0. The van der Waals surface area contributed by atoms with Crippen LogP contribution in [0.2, 0.25) is 0 Å². The van der Waals surface area contributed by atoms with E-state index in [1.165, 1.54) is 6.42 Å². The van der Waals surface area contributed by atoms with E-state index < -0.39 is 5.60 Å². The summed E-state index contributed by atoms with van der Waals surface area (Å²) in [5.41, 5.74) is 0.147. The fourth-order valence-electron chi connectivity index (χ4n) is 3.02. The molecule has 1 fully saturated rings. The van der Waals surface area contributed by atoms with Crippen molar-refractivity contribution < 1.29 is 14.6 Å². The number of rotatable bonds is 4. The largest absolute Gasteiger partial charge is 0.497 e. The highest BCUT2D eigenvalue weighted by Gasteiger charge is 2.36. The fraction of sp³-hybridized carbons (Fsp3) is 0.625. The molecule has 1 aliphatic rings. The molecule has 0 unspecified atom stereocenters. The summed E-state index contributed by atoms with van der Waals surface area (Å²) in [6.45, 7) is 2.23. The second kappa shape index (κ2) is 5.83. The maximum absolute atomic E-state index is 10.9. The van der Waals surface area contributed by atoms with Crippen LogP contribution in [0, 0.1) is 5.92 Å². The number of hydrogen-bond acceptors (Lipinski definition) is 3. The molecule has 2 rings (SSSR count). The van der Waals surface area contributed by atoms with Crippen molar-refractivity contribution in [3.05, 3.63) is 23.8 Å². The van der Waals surface area contributed by atoms with E-state index in [0.29, 0.717) is 0 Å². The third kappa shape index (κ3) is 2.86. The van der Waals surface area contributed by atoms with Gasteiger partial charge in [0, 0.05) is 11.6 Å². The van der Waals surface area contributed by atoms with E-state index in [9.17, 15) is 5.11 Å². The van der Waals surface area contributed by atoms with Gasteiger partial charge >= 0.3 is 0 Å². The SMILES string of the molecule is CCC1CCC(O)(c2ccc(OC)cc2OC)CC1. The van der Waals surface area contributed by atoms with E-state index in [-0.39, 0.29) is 0 Å². The third-order valence-corrected chi connectivity index (χ3v) is 4.42. The Balaban J connectivity index is 2.25. The van der Waals surface area contributed by atoms with Gasteiger partial charge in [0.1, 0.15) is 11.5 Å². The zero-order valence-corrected chi connectivity index (χ0v) is 12.1. The van der Waals surface area contributed by atoms with Crippen LogP contribution in [0.5, 0.6) is 11.5 Å². The van der Waals surface area contributed by atoms with Gasteiger partial charge in [0.25, 0.3) is 0 Å². The Morgan fingerprint density at radius 1 is 1.21 bits per heavy atom. The second-order valence-corrected chi connectivity index (χ2v) is 5.45. The highest BCUT2D eigenvalue weighted by molar-refractivity contribution is 5.44. The van der Waals surface area contributed by atoms with Gasteiger partial charge in [-0.25, -0.2) is 0 Å². The smallest absolute Gasteiger partial charge is 0.128 e. The van der Waals surface area contributed by atoms with Crippen LogP contribution in [0.25, 0.3) is 0 Å². The van der Waals surface area contributed by atoms with Gasteiger partial charge in [0.2, 0.25) is 0 Å². The van der Waals surface area contributed by atoms with Gasteiger partial charge in [-0.15, -0.1) is 0 Å². The number of benzene rings is 1. The zero-order chi connectivity index (χ0) is 13.9. The molecule has 0 aromatic heterocycles. The highest BCUT2D eigenvalue weighted by atomic mass is 16.5. The Labute approximate surface area is 115 Å². The highest BCUT2D eigenvalue weighted by Crippen LogP contribution is 2.44. The fourth-order valence-corrected chi connectivity index (χ4v) is 3.02. The molecule has 0 amide bonds. The van der Waals surface area contributed by atoms with Crippen LogP contribution in [-0.4, -0.2) is 19.3 Å². The minimum atomic E-state index is -0.747. The Morgan fingerprint density at radius 2 is 1.89 bits per heavy atom. The number of ether oxygens (including phenoxy) is 2. The Bertz CT molecular complexity index is 420. The summed E-state index contributed by atoms with van der Waals surface area (Å²) in [6.07, 6.45) is 5.00. The molecular weight excluding hydrogens is 240 g/mol. The monoisotopic (exact) mass is 264 g/mol. The van der Waals surface area contributed by atoms with Gasteiger partial charge in [0.15, 0.2) is 0 Å². The number of methoxy groups -OCH3 is 2. The molecular formula is C16H24O3. The quantitative estimate of drug-likeness (QED) is 0.904. The third-order valence-electron chi connectivity index (χ3n) is 4.42.